The van der Waals surface area contributed by atoms with E-state index in [1.54, 1.807) is 11.3 Å². The number of ether oxygens (including phenoxy) is 1. The third-order valence-electron chi connectivity index (χ3n) is 10.7. The fourth-order valence-electron chi connectivity index (χ4n) is 8.82. The number of aryl methyl sites for hydroxylation is 1. The summed E-state index contributed by atoms with van der Waals surface area (Å²) in [4.78, 5) is 29.6. The molecule has 1 aliphatic carbocycles. The number of nitrogens with zero attached hydrogens (tertiary/aromatic N) is 6. The number of alkyl halides is 1. The number of piperidine rings is 1. The third kappa shape index (κ3) is 4.07. The molecule has 0 bridgehead atoms. The Morgan fingerprint density at radius 3 is 2.71 bits per heavy atom. The molecular formula is C30H37FN8O2S. The maximum atomic E-state index is 14.4. The molecule has 42 heavy (non-hydrogen) atoms. The van der Waals surface area contributed by atoms with Crippen LogP contribution in [0, 0.1) is 11.3 Å². The second-order valence-electron chi connectivity index (χ2n) is 13.5. The predicted octanol–water partition coefficient (Wildman–Crippen LogP) is 2.90. The van der Waals surface area contributed by atoms with Gasteiger partial charge in [0.2, 0.25) is 5.91 Å². The molecule has 222 valence electrons. The van der Waals surface area contributed by atoms with Crippen LogP contribution in [0.15, 0.2) is 6.07 Å². The van der Waals surface area contributed by atoms with E-state index in [-0.39, 0.29) is 22.4 Å². The van der Waals surface area contributed by atoms with Gasteiger partial charge in [0.15, 0.2) is 0 Å². The third-order valence-corrected chi connectivity index (χ3v) is 11.8. The second kappa shape index (κ2) is 9.41. The second-order valence-corrected chi connectivity index (χ2v) is 14.6. The molecule has 5 saturated heterocycles. The maximum Gasteiger partial charge on any atom is 0.320 e. The van der Waals surface area contributed by atoms with Crippen molar-refractivity contribution in [2.24, 2.45) is 0 Å². The van der Waals surface area contributed by atoms with Crippen LogP contribution in [0.3, 0.4) is 0 Å². The fourth-order valence-corrected chi connectivity index (χ4v) is 10.00. The van der Waals surface area contributed by atoms with Crippen LogP contribution in [0.5, 0.6) is 6.01 Å². The minimum atomic E-state index is -0.818. The van der Waals surface area contributed by atoms with Gasteiger partial charge < -0.3 is 25.6 Å². The van der Waals surface area contributed by atoms with E-state index in [9.17, 15) is 14.4 Å². The zero-order valence-electron chi connectivity index (χ0n) is 23.8. The number of carbonyl (C=O) groups is 1. The number of nitrogen functional groups attached to an aromatic ring is 1. The minimum absolute atomic E-state index is 0.0897. The van der Waals surface area contributed by atoms with Gasteiger partial charge in [-0.15, -0.1) is 11.3 Å². The number of nitrogens with one attached hydrogen (secondary N) is 1. The summed E-state index contributed by atoms with van der Waals surface area (Å²) in [6.45, 7) is 4.86. The first-order valence-corrected chi connectivity index (χ1v) is 16.1. The molecular weight excluding hydrogens is 555 g/mol. The Labute approximate surface area is 249 Å². The van der Waals surface area contributed by atoms with Crippen LogP contribution in [0.1, 0.15) is 67.4 Å². The SMILES string of the molecule is N#Cc1c(N)sc2c1C1(CCC2)CN(c2cc(N3CCCC4(CC(=O)N4)C3)nc(OC[C@@]34CCCN3C[C@H](F)C4)n2)C1. The Balaban J connectivity index is 1.09. The number of carbonyl (C=O) groups excluding carboxylic acids is 1. The van der Waals surface area contributed by atoms with Crippen LogP contribution in [-0.2, 0) is 16.6 Å². The Hall–Kier alpha value is -3.17. The van der Waals surface area contributed by atoms with Crippen LogP contribution in [-0.4, -0.2) is 83.9 Å². The smallest absolute Gasteiger partial charge is 0.320 e. The van der Waals surface area contributed by atoms with Crippen LogP contribution < -0.4 is 25.6 Å². The average Bonchev–Trinajstić information content (AvgIpc) is 3.58. The molecule has 5 aliphatic heterocycles. The van der Waals surface area contributed by atoms with Crippen LogP contribution in [0.4, 0.5) is 21.0 Å². The number of fused-ring (bicyclic) bond motifs is 3. The lowest BCUT2D eigenvalue weighted by atomic mass is 9.66. The number of rotatable bonds is 5. The summed E-state index contributed by atoms with van der Waals surface area (Å²) in [7, 11) is 0. The number of aromatic nitrogens is 2. The molecule has 10 nitrogen and oxygen atoms in total. The number of hydrogen-bond donors (Lipinski definition) is 2. The van der Waals surface area contributed by atoms with Gasteiger partial charge in [0.25, 0.3) is 0 Å². The number of amides is 1. The molecule has 0 radical (unpaired) electrons. The largest absolute Gasteiger partial charge is 0.461 e. The zero-order chi connectivity index (χ0) is 28.7. The van der Waals surface area contributed by atoms with Gasteiger partial charge in [-0.2, -0.15) is 15.2 Å². The number of halogens is 1. The molecule has 3 atom stereocenters. The number of thiophene rings is 1. The first kappa shape index (κ1) is 26.5. The van der Waals surface area contributed by atoms with Crippen LogP contribution >= 0.6 is 11.3 Å². The molecule has 2 spiro atoms. The predicted molar refractivity (Wildman–Crippen MR) is 158 cm³/mol. The highest BCUT2D eigenvalue weighted by Crippen LogP contribution is 2.51. The summed E-state index contributed by atoms with van der Waals surface area (Å²) in [6, 6.07) is 4.75. The van der Waals surface area contributed by atoms with Crippen LogP contribution in [0.25, 0.3) is 0 Å². The number of β-lactam (4-membered cyclic amide) rings is 1. The number of nitriles is 1. The highest BCUT2D eigenvalue weighted by atomic mass is 32.1. The fraction of sp³-hybridized carbons (Fsp3) is 0.667. The average molecular weight is 593 g/mol. The minimum Gasteiger partial charge on any atom is -0.461 e. The van der Waals surface area contributed by atoms with Gasteiger partial charge >= 0.3 is 6.01 Å². The van der Waals surface area contributed by atoms with Gasteiger partial charge in [0.05, 0.1) is 23.1 Å². The van der Waals surface area contributed by atoms with Crippen molar-refractivity contribution >= 4 is 33.9 Å². The summed E-state index contributed by atoms with van der Waals surface area (Å²) >= 11 is 1.57. The van der Waals surface area contributed by atoms with Crippen molar-refractivity contribution in [3.63, 3.8) is 0 Å². The molecule has 0 saturated carbocycles. The highest BCUT2D eigenvalue weighted by molar-refractivity contribution is 7.16. The van der Waals surface area contributed by atoms with Gasteiger partial charge in [0.1, 0.15) is 35.5 Å². The molecule has 3 N–H and O–H groups in total. The lowest BCUT2D eigenvalue weighted by Gasteiger charge is -2.53. The van der Waals surface area contributed by atoms with Crippen molar-refractivity contribution in [3.05, 3.63) is 22.1 Å². The first-order chi connectivity index (χ1) is 20.3. The zero-order valence-corrected chi connectivity index (χ0v) is 24.6. The van der Waals surface area contributed by atoms with Crippen molar-refractivity contribution in [2.45, 2.75) is 80.5 Å². The Morgan fingerprint density at radius 1 is 1.14 bits per heavy atom. The van der Waals surface area contributed by atoms with E-state index in [1.807, 2.05) is 6.07 Å². The molecule has 7 heterocycles. The molecule has 12 heteroatoms. The Morgan fingerprint density at radius 2 is 1.93 bits per heavy atom. The van der Waals surface area contributed by atoms with E-state index in [2.05, 4.69) is 26.1 Å². The summed E-state index contributed by atoms with van der Waals surface area (Å²) in [6.07, 6.45) is 7.25. The van der Waals surface area contributed by atoms with E-state index in [4.69, 9.17) is 20.4 Å². The molecule has 2 aromatic rings. The summed E-state index contributed by atoms with van der Waals surface area (Å²) in [5.41, 5.74) is 7.52. The molecule has 2 aromatic heterocycles. The highest BCUT2D eigenvalue weighted by Gasteiger charge is 2.52. The lowest BCUT2D eigenvalue weighted by molar-refractivity contribution is -0.133. The molecule has 1 unspecified atom stereocenters. The van der Waals surface area contributed by atoms with Crippen molar-refractivity contribution in [3.8, 4) is 12.1 Å². The number of nitrogens with two attached hydrogens (primary N) is 1. The van der Waals surface area contributed by atoms with Gasteiger partial charge in [-0.1, -0.05) is 0 Å². The van der Waals surface area contributed by atoms with Crippen molar-refractivity contribution in [1.82, 2.24) is 20.2 Å². The summed E-state index contributed by atoms with van der Waals surface area (Å²) in [5, 5.41) is 13.7. The van der Waals surface area contributed by atoms with E-state index in [0.29, 0.717) is 49.1 Å². The van der Waals surface area contributed by atoms with E-state index in [0.717, 1.165) is 88.3 Å². The van der Waals surface area contributed by atoms with Crippen molar-refractivity contribution < 1.29 is 13.9 Å². The molecule has 5 fully saturated rings. The van der Waals surface area contributed by atoms with Gasteiger partial charge in [-0.3, -0.25) is 9.69 Å². The monoisotopic (exact) mass is 592 g/mol. The van der Waals surface area contributed by atoms with Gasteiger partial charge in [-0.25, -0.2) is 4.39 Å². The Kier molecular flexibility index (Phi) is 5.93. The first-order valence-electron chi connectivity index (χ1n) is 15.3. The van der Waals surface area contributed by atoms with Gasteiger partial charge in [0, 0.05) is 55.5 Å². The summed E-state index contributed by atoms with van der Waals surface area (Å²) < 4.78 is 20.8. The molecule has 6 aliphatic rings. The van der Waals surface area contributed by atoms with E-state index in [1.165, 1.54) is 4.88 Å². The normalized spacial score (nSPS) is 31.3. The van der Waals surface area contributed by atoms with Crippen molar-refractivity contribution in [2.75, 3.05) is 61.4 Å². The van der Waals surface area contributed by atoms with E-state index < -0.39 is 6.17 Å². The summed E-state index contributed by atoms with van der Waals surface area (Å²) in [5.74, 6) is 1.71. The molecule has 1 amide bonds. The maximum absolute atomic E-state index is 14.4. The molecule has 8 rings (SSSR count). The van der Waals surface area contributed by atoms with E-state index >= 15 is 0 Å². The number of anilines is 3. The molecule has 0 aromatic carbocycles. The standard InChI is InChI=1S/C30H37FN8O2S/c31-19-11-30(7-3-9-39(30)14-19)18-41-27-34-22(37-8-2-6-29(17-37)12-24(40)36-29)10-23(35-27)38-15-28(16-38)5-1-4-21-25(28)20(13-32)26(33)42-21/h10,19H,1-9,11-12,14-18,33H2,(H,36,40)/t19-,29?,30+/m1/s1. The van der Waals surface area contributed by atoms with Crippen molar-refractivity contribution in [1.29, 1.82) is 5.26 Å². The van der Waals surface area contributed by atoms with Gasteiger partial charge in [-0.05, 0) is 57.1 Å². The quantitative estimate of drug-likeness (QED) is 0.505. The topological polar surface area (TPSA) is 124 Å². The lowest BCUT2D eigenvalue weighted by Crippen LogP contribution is -2.68. The van der Waals surface area contributed by atoms with Crippen LogP contribution in [0.2, 0.25) is 0 Å². The Bertz CT molecular complexity index is 1480. The number of hydrogen-bond acceptors (Lipinski definition) is 10.